The lowest BCUT2D eigenvalue weighted by Gasteiger charge is -2.23. The Labute approximate surface area is 276 Å². The van der Waals surface area contributed by atoms with E-state index in [1.165, 1.54) is 24.3 Å². The van der Waals surface area contributed by atoms with Gasteiger partial charge >= 0.3 is 5.97 Å². The van der Waals surface area contributed by atoms with Gasteiger partial charge in [-0.3, -0.25) is 14.2 Å². The highest BCUT2D eigenvalue weighted by Gasteiger charge is 2.44. The summed E-state index contributed by atoms with van der Waals surface area (Å²) in [5, 5.41) is 37.7. The summed E-state index contributed by atoms with van der Waals surface area (Å²) in [6.45, 7) is 7.20. The van der Waals surface area contributed by atoms with Gasteiger partial charge in [-0.2, -0.15) is 0 Å². The van der Waals surface area contributed by atoms with Gasteiger partial charge in [0.15, 0.2) is 17.7 Å². The molecule has 2 amide bonds. The number of carbonyl (C=O) groups excluding carboxylic acids is 3. The number of nitrogens with one attached hydrogen (secondary N) is 2. The molecule has 1 fully saturated rings. The number of allylic oxidation sites excluding steroid dienone is 2. The minimum absolute atomic E-state index is 0.0832. The van der Waals surface area contributed by atoms with Crippen LogP contribution in [0.3, 0.4) is 0 Å². The van der Waals surface area contributed by atoms with Crippen LogP contribution in [-0.4, -0.2) is 90.6 Å². The number of phenols is 1. The van der Waals surface area contributed by atoms with Crippen molar-refractivity contribution in [2.75, 3.05) is 19.4 Å². The molecule has 1 saturated heterocycles. The molecular formula is C32H41N7O9. The maximum atomic E-state index is 13.2. The SMILES string of the molecule is COc1c(C)c2c(c(O)c1C/C=C(\C)CCC(=O)N[C@H](C(=O)NC[C@H]1O[C@@H](n3cnc4c(N)ncnc43)[C@H](O)[C@@H]1O)C(C)C)C(=O)OC2. The van der Waals surface area contributed by atoms with E-state index in [1.54, 1.807) is 13.8 Å². The number of rotatable bonds is 12. The van der Waals surface area contributed by atoms with E-state index >= 15 is 0 Å². The Morgan fingerprint density at radius 3 is 2.67 bits per heavy atom. The number of aliphatic hydroxyl groups excluding tert-OH is 2. The molecule has 0 bridgehead atoms. The topological polar surface area (TPSA) is 233 Å². The van der Waals surface area contributed by atoms with Crippen molar-refractivity contribution < 1.29 is 43.9 Å². The molecule has 0 saturated carbocycles. The number of fused-ring (bicyclic) bond motifs is 2. The van der Waals surface area contributed by atoms with E-state index in [-0.39, 0.29) is 54.9 Å². The predicted molar refractivity (Wildman–Crippen MR) is 171 cm³/mol. The van der Waals surface area contributed by atoms with Crippen molar-refractivity contribution in [3.8, 4) is 11.5 Å². The summed E-state index contributed by atoms with van der Waals surface area (Å²) >= 11 is 0. The third kappa shape index (κ3) is 6.63. The van der Waals surface area contributed by atoms with Crippen LogP contribution in [0.5, 0.6) is 11.5 Å². The van der Waals surface area contributed by atoms with Gasteiger partial charge < -0.3 is 45.9 Å². The number of esters is 1. The van der Waals surface area contributed by atoms with Gasteiger partial charge in [0.25, 0.3) is 0 Å². The largest absolute Gasteiger partial charge is 0.507 e. The number of carbonyl (C=O) groups is 3. The number of anilines is 1. The van der Waals surface area contributed by atoms with Gasteiger partial charge in [0.1, 0.15) is 59.9 Å². The smallest absolute Gasteiger partial charge is 0.342 e. The highest BCUT2D eigenvalue weighted by molar-refractivity contribution is 5.98. The van der Waals surface area contributed by atoms with Crippen molar-refractivity contribution in [2.45, 2.75) is 84.1 Å². The van der Waals surface area contributed by atoms with E-state index in [4.69, 9.17) is 19.9 Å². The van der Waals surface area contributed by atoms with Crippen LogP contribution in [0, 0.1) is 12.8 Å². The average molecular weight is 668 g/mol. The molecule has 5 rings (SSSR count). The number of benzene rings is 1. The Kier molecular flexibility index (Phi) is 10.2. The maximum Gasteiger partial charge on any atom is 0.342 e. The van der Waals surface area contributed by atoms with E-state index < -0.39 is 42.5 Å². The molecule has 16 heteroatoms. The summed E-state index contributed by atoms with van der Waals surface area (Å²) in [4.78, 5) is 50.5. The lowest BCUT2D eigenvalue weighted by Crippen LogP contribution is -2.51. The van der Waals surface area contributed by atoms with Crippen molar-refractivity contribution in [3.05, 3.63) is 46.6 Å². The molecule has 2 aliphatic rings. The van der Waals surface area contributed by atoms with Crippen LogP contribution in [0.15, 0.2) is 24.3 Å². The summed E-state index contributed by atoms with van der Waals surface area (Å²) in [5.74, 6) is -1.18. The maximum absolute atomic E-state index is 13.2. The molecule has 2 aromatic heterocycles. The zero-order valence-corrected chi connectivity index (χ0v) is 27.4. The van der Waals surface area contributed by atoms with Gasteiger partial charge in [0, 0.05) is 24.1 Å². The number of imidazole rings is 1. The van der Waals surface area contributed by atoms with Crippen LogP contribution in [0.25, 0.3) is 11.2 Å². The summed E-state index contributed by atoms with van der Waals surface area (Å²) < 4.78 is 18.0. The van der Waals surface area contributed by atoms with Gasteiger partial charge in [0.05, 0.1) is 13.4 Å². The van der Waals surface area contributed by atoms with Crippen molar-refractivity contribution in [3.63, 3.8) is 0 Å². The van der Waals surface area contributed by atoms with E-state index in [0.29, 0.717) is 34.5 Å². The predicted octanol–water partition coefficient (Wildman–Crippen LogP) is 0.947. The molecule has 0 radical (unpaired) electrons. The molecule has 2 aliphatic heterocycles. The first-order valence-corrected chi connectivity index (χ1v) is 15.6. The number of methoxy groups -OCH3 is 1. The zero-order chi connectivity index (χ0) is 34.9. The van der Waals surface area contributed by atoms with Crippen LogP contribution < -0.4 is 21.1 Å². The second-order valence-corrected chi connectivity index (χ2v) is 12.3. The fraction of sp³-hybridized carbons (Fsp3) is 0.500. The van der Waals surface area contributed by atoms with Gasteiger partial charge in [-0.1, -0.05) is 25.5 Å². The molecule has 0 spiro atoms. The Morgan fingerprint density at radius 2 is 1.96 bits per heavy atom. The van der Waals surface area contributed by atoms with Crippen molar-refractivity contribution in [1.82, 2.24) is 30.2 Å². The minimum atomic E-state index is -1.34. The quantitative estimate of drug-likeness (QED) is 0.117. The summed E-state index contributed by atoms with van der Waals surface area (Å²) in [7, 11) is 1.50. The first kappa shape index (κ1) is 34.5. The first-order chi connectivity index (χ1) is 22.8. The molecular weight excluding hydrogens is 626 g/mol. The lowest BCUT2D eigenvalue weighted by molar-refractivity contribution is -0.130. The molecule has 5 atom stereocenters. The van der Waals surface area contributed by atoms with E-state index in [0.717, 1.165) is 11.1 Å². The number of aromatic hydroxyl groups is 1. The molecule has 258 valence electrons. The molecule has 16 nitrogen and oxygen atoms in total. The standard InChI is InChI=1S/C32H41N7O9/c1-14(2)22(30(44)34-10-19-25(42)26(43)31(48-19)39-13-37-23-28(33)35-12-36-29(23)39)38-20(40)9-7-15(3)6-8-17-24(41)21-18(11-47-32(21)45)16(4)27(17)46-5/h6,12-14,19,22,25-26,31,41-43H,7-11H2,1-5H3,(H,34,44)(H,38,40)(H2,33,35,36)/b15-6+/t19-,22+,25-,26-,31-/m1/s1. The molecule has 1 aromatic carbocycles. The van der Waals surface area contributed by atoms with Crippen molar-refractivity contribution >= 4 is 34.8 Å². The molecule has 4 heterocycles. The fourth-order valence-corrected chi connectivity index (χ4v) is 5.99. The fourth-order valence-electron chi connectivity index (χ4n) is 5.99. The van der Waals surface area contributed by atoms with E-state index in [2.05, 4.69) is 25.6 Å². The number of hydrogen-bond donors (Lipinski definition) is 6. The van der Waals surface area contributed by atoms with Gasteiger partial charge in [-0.15, -0.1) is 0 Å². The average Bonchev–Trinajstić information content (AvgIpc) is 3.74. The summed E-state index contributed by atoms with van der Waals surface area (Å²) in [6, 6.07) is -0.867. The number of cyclic esters (lactones) is 1. The Hall–Kier alpha value is -4.80. The number of phenolic OH excluding ortho intramolecular Hbond substituents is 1. The number of nitrogen functional groups attached to an aromatic ring is 1. The third-order valence-electron chi connectivity index (χ3n) is 8.79. The third-order valence-corrected chi connectivity index (χ3v) is 8.79. The second-order valence-electron chi connectivity index (χ2n) is 12.3. The van der Waals surface area contributed by atoms with E-state index in [9.17, 15) is 29.7 Å². The molecule has 48 heavy (non-hydrogen) atoms. The van der Waals surface area contributed by atoms with Crippen LogP contribution in [-0.2, 0) is 32.1 Å². The molecule has 7 N–H and O–H groups in total. The molecule has 0 aliphatic carbocycles. The van der Waals surface area contributed by atoms with Crippen LogP contribution >= 0.6 is 0 Å². The zero-order valence-electron chi connectivity index (χ0n) is 27.4. The summed E-state index contributed by atoms with van der Waals surface area (Å²) in [5.41, 5.74) is 9.30. The highest BCUT2D eigenvalue weighted by atomic mass is 16.6. The first-order valence-electron chi connectivity index (χ1n) is 15.6. The Morgan fingerprint density at radius 1 is 1.21 bits per heavy atom. The van der Waals surface area contributed by atoms with Crippen LogP contribution in [0.2, 0.25) is 0 Å². The number of amides is 2. The Bertz CT molecular complexity index is 1760. The normalized spacial score (nSPS) is 21.3. The number of nitrogens with zero attached hydrogens (tertiary/aromatic N) is 4. The molecule has 0 unspecified atom stereocenters. The second kappa shape index (κ2) is 14.1. The van der Waals surface area contributed by atoms with Gasteiger partial charge in [-0.25, -0.2) is 19.7 Å². The summed E-state index contributed by atoms with van der Waals surface area (Å²) in [6.07, 6.45) is 0.573. The highest BCUT2D eigenvalue weighted by Crippen LogP contribution is 2.42. The number of hydrogen-bond acceptors (Lipinski definition) is 13. The van der Waals surface area contributed by atoms with Crippen LogP contribution in [0.4, 0.5) is 5.82 Å². The lowest BCUT2D eigenvalue weighted by atomic mass is 9.94. The number of aromatic nitrogens is 4. The van der Waals surface area contributed by atoms with E-state index in [1.807, 2.05) is 19.9 Å². The van der Waals surface area contributed by atoms with Gasteiger partial charge in [-0.05, 0) is 38.2 Å². The van der Waals surface area contributed by atoms with Crippen LogP contribution in [0.1, 0.15) is 66.9 Å². The number of nitrogens with two attached hydrogens (primary N) is 1. The number of aliphatic hydroxyl groups is 2. The van der Waals surface area contributed by atoms with Gasteiger partial charge in [0.2, 0.25) is 11.8 Å². The molecule has 3 aromatic rings. The monoisotopic (exact) mass is 667 g/mol. The number of ether oxygens (including phenoxy) is 3. The Balaban J connectivity index is 1.15. The minimum Gasteiger partial charge on any atom is -0.507 e. The van der Waals surface area contributed by atoms with Crippen molar-refractivity contribution in [2.24, 2.45) is 5.92 Å². The van der Waals surface area contributed by atoms with Crippen molar-refractivity contribution in [1.29, 1.82) is 0 Å².